The van der Waals surface area contributed by atoms with Crippen molar-refractivity contribution in [3.63, 3.8) is 0 Å². The molecule has 1 saturated heterocycles. The van der Waals surface area contributed by atoms with Gasteiger partial charge in [-0.25, -0.2) is 0 Å². The highest BCUT2D eigenvalue weighted by Crippen LogP contribution is 2.38. The van der Waals surface area contributed by atoms with E-state index in [1.807, 2.05) is 19.1 Å². The number of carbonyl (C=O) groups excluding carboxylic acids is 2. The number of nitrogens with zero attached hydrogens (tertiary/aromatic N) is 3. The highest BCUT2D eigenvalue weighted by molar-refractivity contribution is 7.07. The van der Waals surface area contributed by atoms with Crippen LogP contribution < -0.4 is 5.32 Å². The molecule has 0 bridgehead atoms. The first-order valence-corrected chi connectivity index (χ1v) is 11.7. The molecule has 166 valence electrons. The first kappa shape index (κ1) is 22.1. The average molecular weight is 449 g/mol. The van der Waals surface area contributed by atoms with Gasteiger partial charge in [0.2, 0.25) is 5.91 Å². The zero-order valence-corrected chi connectivity index (χ0v) is 19.5. The molecule has 0 saturated carbocycles. The van der Waals surface area contributed by atoms with Crippen LogP contribution in [0.1, 0.15) is 39.8 Å². The van der Waals surface area contributed by atoms with Gasteiger partial charge >= 0.3 is 0 Å². The molecule has 1 aliphatic heterocycles. The van der Waals surface area contributed by atoms with Crippen molar-refractivity contribution < 1.29 is 9.59 Å². The number of carbonyl (C=O) groups is 2. The second-order valence-corrected chi connectivity index (χ2v) is 9.26. The Bertz CT molecular complexity index is 1140. The van der Waals surface area contributed by atoms with E-state index >= 15 is 0 Å². The van der Waals surface area contributed by atoms with E-state index in [-0.39, 0.29) is 11.8 Å². The van der Waals surface area contributed by atoms with Crippen molar-refractivity contribution in [3.8, 4) is 11.1 Å². The lowest BCUT2D eigenvalue weighted by Gasteiger charge is -2.29. The summed E-state index contributed by atoms with van der Waals surface area (Å²) in [6, 6.07) is 16.7. The number of likely N-dealkylation sites (tertiary alicyclic amines) is 1. The monoisotopic (exact) mass is 448 g/mol. The Morgan fingerprint density at radius 1 is 1.16 bits per heavy atom. The number of amides is 2. The van der Waals surface area contributed by atoms with Crippen molar-refractivity contribution in [2.24, 2.45) is 5.41 Å². The molecule has 6 nitrogen and oxygen atoms in total. The predicted octanol–water partition coefficient (Wildman–Crippen LogP) is 4.03. The van der Waals surface area contributed by atoms with Gasteiger partial charge in [0.25, 0.3) is 5.91 Å². The van der Waals surface area contributed by atoms with E-state index in [2.05, 4.69) is 58.2 Å². The van der Waals surface area contributed by atoms with Gasteiger partial charge in [0.1, 0.15) is 4.88 Å². The van der Waals surface area contributed by atoms with Crippen LogP contribution in [-0.4, -0.2) is 45.9 Å². The van der Waals surface area contributed by atoms with Gasteiger partial charge in [-0.15, -0.1) is 5.10 Å². The van der Waals surface area contributed by atoms with E-state index in [0.717, 1.165) is 28.2 Å². The summed E-state index contributed by atoms with van der Waals surface area (Å²) in [6.45, 7) is 7.29. The highest BCUT2D eigenvalue weighted by atomic mass is 32.1. The minimum Gasteiger partial charge on any atom is -0.356 e. The van der Waals surface area contributed by atoms with Crippen molar-refractivity contribution in [2.75, 3.05) is 19.6 Å². The third-order valence-corrected chi connectivity index (χ3v) is 7.00. The van der Waals surface area contributed by atoms with E-state index in [4.69, 9.17) is 0 Å². The molecular weight excluding hydrogens is 420 g/mol. The van der Waals surface area contributed by atoms with Crippen LogP contribution in [0.15, 0.2) is 48.5 Å². The van der Waals surface area contributed by atoms with E-state index in [1.54, 1.807) is 11.8 Å². The van der Waals surface area contributed by atoms with Crippen molar-refractivity contribution in [3.05, 3.63) is 70.2 Å². The Morgan fingerprint density at radius 3 is 2.69 bits per heavy atom. The molecule has 32 heavy (non-hydrogen) atoms. The SMILES string of the molecule is CCNC(=O)[C@]1(Cc2ccccc2-c2cccc(C)c2)CCN(C(=O)c2snnc2C)C1. The zero-order valence-electron chi connectivity index (χ0n) is 18.7. The molecule has 1 aromatic heterocycles. The smallest absolute Gasteiger partial charge is 0.267 e. The van der Waals surface area contributed by atoms with Crippen LogP contribution in [0.5, 0.6) is 0 Å². The van der Waals surface area contributed by atoms with Crippen LogP contribution >= 0.6 is 11.5 Å². The summed E-state index contributed by atoms with van der Waals surface area (Å²) in [6.07, 6.45) is 1.20. The molecule has 7 heteroatoms. The summed E-state index contributed by atoms with van der Waals surface area (Å²) in [4.78, 5) is 28.8. The topological polar surface area (TPSA) is 75.2 Å². The maximum Gasteiger partial charge on any atom is 0.267 e. The van der Waals surface area contributed by atoms with Gasteiger partial charge in [0, 0.05) is 19.6 Å². The fourth-order valence-electron chi connectivity index (χ4n) is 4.51. The Labute approximate surface area is 192 Å². The van der Waals surface area contributed by atoms with E-state index in [9.17, 15) is 9.59 Å². The highest BCUT2D eigenvalue weighted by Gasteiger charge is 2.46. The van der Waals surface area contributed by atoms with Crippen molar-refractivity contribution in [2.45, 2.75) is 33.6 Å². The molecule has 0 radical (unpaired) electrons. The summed E-state index contributed by atoms with van der Waals surface area (Å²) in [7, 11) is 0. The second-order valence-electron chi connectivity index (χ2n) is 8.51. The molecule has 0 spiro atoms. The third-order valence-electron chi connectivity index (χ3n) is 6.18. The van der Waals surface area contributed by atoms with Crippen LogP contribution in [0.4, 0.5) is 0 Å². The second kappa shape index (κ2) is 9.20. The molecule has 2 amide bonds. The molecule has 2 heterocycles. The lowest BCUT2D eigenvalue weighted by molar-refractivity contribution is -0.130. The molecule has 0 unspecified atom stereocenters. The van der Waals surface area contributed by atoms with Gasteiger partial charge in [-0.05, 0) is 61.8 Å². The molecule has 1 fully saturated rings. The summed E-state index contributed by atoms with van der Waals surface area (Å²) >= 11 is 1.12. The van der Waals surface area contributed by atoms with Crippen molar-refractivity contribution in [1.82, 2.24) is 19.8 Å². The first-order chi connectivity index (χ1) is 15.4. The molecular formula is C25H28N4O2S. The van der Waals surface area contributed by atoms with E-state index in [1.165, 1.54) is 5.56 Å². The van der Waals surface area contributed by atoms with Gasteiger partial charge in [0.15, 0.2) is 0 Å². The van der Waals surface area contributed by atoms with Gasteiger partial charge in [-0.2, -0.15) is 0 Å². The lowest BCUT2D eigenvalue weighted by Crippen LogP contribution is -2.45. The molecule has 1 aliphatic rings. The molecule has 1 N–H and O–H groups in total. The zero-order chi connectivity index (χ0) is 22.7. The Kier molecular flexibility index (Phi) is 6.37. The van der Waals surface area contributed by atoms with Crippen molar-refractivity contribution in [1.29, 1.82) is 0 Å². The quantitative estimate of drug-likeness (QED) is 0.618. The largest absolute Gasteiger partial charge is 0.356 e. The number of hydrogen-bond acceptors (Lipinski definition) is 5. The average Bonchev–Trinajstić information content (AvgIpc) is 3.41. The minimum absolute atomic E-state index is 0.00787. The Balaban J connectivity index is 1.67. The predicted molar refractivity (Wildman–Crippen MR) is 127 cm³/mol. The molecule has 4 rings (SSSR count). The maximum atomic E-state index is 13.3. The van der Waals surface area contributed by atoms with Crippen molar-refractivity contribution >= 4 is 23.3 Å². The van der Waals surface area contributed by atoms with E-state index < -0.39 is 5.41 Å². The normalized spacial score (nSPS) is 18.0. The van der Waals surface area contributed by atoms with Gasteiger partial charge in [-0.1, -0.05) is 58.6 Å². The number of aromatic nitrogens is 2. The summed E-state index contributed by atoms with van der Waals surface area (Å²) in [5.74, 6) is -0.0795. The molecule has 1 atom stereocenters. The summed E-state index contributed by atoms with van der Waals surface area (Å²) < 4.78 is 3.90. The Morgan fingerprint density at radius 2 is 1.97 bits per heavy atom. The minimum atomic E-state index is -0.669. The van der Waals surface area contributed by atoms with Crippen LogP contribution in [0, 0.1) is 19.3 Å². The maximum absolute atomic E-state index is 13.3. The molecule has 3 aromatic rings. The number of hydrogen-bond donors (Lipinski definition) is 1. The standard InChI is InChI=1S/C25H28N4O2S/c1-4-26-24(31)25(12-13-29(16-25)23(30)22-18(3)27-28-32-22)15-20-9-5-6-11-21(20)19-10-7-8-17(2)14-19/h5-11,14H,4,12-13,15-16H2,1-3H3,(H,26,31)/t25-/m0/s1. The van der Waals surface area contributed by atoms with Crippen LogP contribution in [-0.2, 0) is 11.2 Å². The van der Waals surface area contributed by atoms with E-state index in [0.29, 0.717) is 43.0 Å². The first-order valence-electron chi connectivity index (χ1n) is 10.9. The number of benzene rings is 2. The fourth-order valence-corrected chi connectivity index (χ4v) is 5.13. The lowest BCUT2D eigenvalue weighted by atomic mass is 9.78. The summed E-state index contributed by atoms with van der Waals surface area (Å²) in [5, 5.41) is 7.00. The van der Waals surface area contributed by atoms with Crippen LogP contribution in [0.2, 0.25) is 0 Å². The fraction of sp³-hybridized carbons (Fsp3) is 0.360. The van der Waals surface area contributed by atoms with Gasteiger partial charge in [-0.3, -0.25) is 9.59 Å². The molecule has 2 aromatic carbocycles. The summed E-state index contributed by atoms with van der Waals surface area (Å²) in [5.41, 5.74) is 4.56. The third kappa shape index (κ3) is 4.30. The van der Waals surface area contributed by atoms with Gasteiger partial charge in [0.05, 0.1) is 11.1 Å². The van der Waals surface area contributed by atoms with Crippen LogP contribution in [0.25, 0.3) is 11.1 Å². The molecule has 0 aliphatic carbocycles. The number of aryl methyl sites for hydroxylation is 2. The number of rotatable bonds is 6. The van der Waals surface area contributed by atoms with Gasteiger partial charge < -0.3 is 10.2 Å². The Hall–Kier alpha value is -3.06. The number of nitrogens with one attached hydrogen (secondary N) is 1. The van der Waals surface area contributed by atoms with Crippen LogP contribution in [0.3, 0.4) is 0 Å².